The van der Waals surface area contributed by atoms with Gasteiger partial charge in [-0.3, -0.25) is 0 Å². The van der Waals surface area contributed by atoms with Crippen molar-refractivity contribution in [2.75, 3.05) is 13.2 Å². The third-order valence-corrected chi connectivity index (χ3v) is 4.19. The summed E-state index contributed by atoms with van der Waals surface area (Å²) in [5.41, 5.74) is -0.581. The van der Waals surface area contributed by atoms with E-state index in [9.17, 15) is 14.3 Å². The molecule has 1 aliphatic rings. The van der Waals surface area contributed by atoms with Crippen LogP contribution in [0.3, 0.4) is 0 Å². The lowest BCUT2D eigenvalue weighted by atomic mass is 10.1. The lowest BCUT2D eigenvalue weighted by Gasteiger charge is -2.23. The highest BCUT2D eigenvalue weighted by Crippen LogP contribution is 2.31. The SMILES string of the molecule is O=c1oc2cc(O)cc(F)c2c2ccc(OC3CCOCC3)cc12. The van der Waals surface area contributed by atoms with Crippen molar-refractivity contribution in [1.82, 2.24) is 0 Å². The van der Waals surface area contributed by atoms with Crippen LogP contribution < -0.4 is 10.4 Å². The molecule has 0 aliphatic carbocycles. The summed E-state index contributed by atoms with van der Waals surface area (Å²) in [6.45, 7) is 1.31. The smallest absolute Gasteiger partial charge is 0.344 e. The van der Waals surface area contributed by atoms with Crippen LogP contribution in [-0.4, -0.2) is 24.4 Å². The molecule has 0 atom stereocenters. The summed E-state index contributed by atoms with van der Waals surface area (Å²) in [6.07, 6.45) is 1.62. The molecule has 2 aromatic carbocycles. The number of hydrogen-bond donors (Lipinski definition) is 1. The molecule has 124 valence electrons. The highest BCUT2D eigenvalue weighted by molar-refractivity contribution is 6.05. The van der Waals surface area contributed by atoms with Crippen molar-refractivity contribution in [2.24, 2.45) is 0 Å². The fourth-order valence-corrected chi connectivity index (χ4v) is 3.03. The molecule has 6 heteroatoms. The molecular formula is C18H15FO5. The van der Waals surface area contributed by atoms with E-state index in [-0.39, 0.29) is 28.2 Å². The fourth-order valence-electron chi connectivity index (χ4n) is 3.03. The van der Waals surface area contributed by atoms with Crippen molar-refractivity contribution in [3.8, 4) is 11.5 Å². The van der Waals surface area contributed by atoms with Crippen LogP contribution in [0.4, 0.5) is 4.39 Å². The van der Waals surface area contributed by atoms with E-state index in [0.29, 0.717) is 24.3 Å². The van der Waals surface area contributed by atoms with Gasteiger partial charge >= 0.3 is 5.63 Å². The van der Waals surface area contributed by atoms with E-state index < -0.39 is 11.4 Å². The second-order valence-corrected chi connectivity index (χ2v) is 5.83. The Morgan fingerprint density at radius 3 is 2.71 bits per heavy atom. The molecule has 0 amide bonds. The first-order valence-electron chi connectivity index (χ1n) is 7.75. The molecule has 0 bridgehead atoms. The quantitative estimate of drug-likeness (QED) is 0.576. The van der Waals surface area contributed by atoms with Gasteiger partial charge in [0.05, 0.1) is 24.0 Å². The van der Waals surface area contributed by atoms with Crippen molar-refractivity contribution in [3.63, 3.8) is 0 Å². The van der Waals surface area contributed by atoms with E-state index in [1.807, 2.05) is 0 Å². The molecule has 4 rings (SSSR count). The molecule has 1 aliphatic heterocycles. The molecule has 0 spiro atoms. The maximum Gasteiger partial charge on any atom is 0.344 e. The third-order valence-electron chi connectivity index (χ3n) is 4.19. The Morgan fingerprint density at radius 1 is 1.12 bits per heavy atom. The summed E-state index contributed by atoms with van der Waals surface area (Å²) in [4.78, 5) is 12.2. The van der Waals surface area contributed by atoms with Crippen LogP contribution in [0.1, 0.15) is 12.8 Å². The lowest BCUT2D eigenvalue weighted by Crippen LogP contribution is -2.25. The van der Waals surface area contributed by atoms with Crippen LogP contribution in [-0.2, 0) is 4.74 Å². The normalized spacial score (nSPS) is 15.9. The highest BCUT2D eigenvalue weighted by atomic mass is 19.1. The number of fused-ring (bicyclic) bond motifs is 3. The Hall–Kier alpha value is -2.60. The van der Waals surface area contributed by atoms with Crippen LogP contribution in [0.15, 0.2) is 39.5 Å². The summed E-state index contributed by atoms with van der Waals surface area (Å²) < 4.78 is 30.5. The number of ether oxygens (including phenoxy) is 2. The molecule has 0 radical (unpaired) electrons. The van der Waals surface area contributed by atoms with Gasteiger partial charge in [0.25, 0.3) is 0 Å². The van der Waals surface area contributed by atoms with E-state index in [0.717, 1.165) is 18.9 Å². The van der Waals surface area contributed by atoms with Crippen molar-refractivity contribution < 1.29 is 23.4 Å². The first-order chi connectivity index (χ1) is 11.6. The molecule has 2 heterocycles. The third kappa shape index (κ3) is 2.59. The van der Waals surface area contributed by atoms with Crippen LogP contribution >= 0.6 is 0 Å². The average molecular weight is 330 g/mol. The van der Waals surface area contributed by atoms with Gasteiger partial charge in [0, 0.05) is 30.4 Å². The van der Waals surface area contributed by atoms with Gasteiger partial charge in [-0.05, 0) is 18.2 Å². The Balaban J connectivity index is 1.83. The number of hydrogen-bond acceptors (Lipinski definition) is 5. The first-order valence-corrected chi connectivity index (χ1v) is 7.75. The molecule has 0 unspecified atom stereocenters. The first kappa shape index (κ1) is 15.0. The summed E-state index contributed by atoms with van der Waals surface area (Å²) in [7, 11) is 0. The van der Waals surface area contributed by atoms with Gasteiger partial charge in [0.15, 0.2) is 0 Å². The Kier molecular flexibility index (Phi) is 3.61. The molecule has 3 aromatic rings. The van der Waals surface area contributed by atoms with E-state index in [1.165, 1.54) is 6.07 Å². The van der Waals surface area contributed by atoms with E-state index >= 15 is 0 Å². The van der Waals surface area contributed by atoms with Gasteiger partial charge in [-0.2, -0.15) is 0 Å². The van der Waals surface area contributed by atoms with Gasteiger partial charge in [0.1, 0.15) is 29.0 Å². The largest absolute Gasteiger partial charge is 0.508 e. The molecule has 24 heavy (non-hydrogen) atoms. The fraction of sp³-hybridized carbons (Fsp3) is 0.278. The minimum atomic E-state index is -0.642. The number of phenolic OH excluding ortho intramolecular Hbond substituents is 1. The Morgan fingerprint density at radius 2 is 1.92 bits per heavy atom. The van der Waals surface area contributed by atoms with E-state index in [4.69, 9.17) is 13.9 Å². The van der Waals surface area contributed by atoms with Gasteiger partial charge < -0.3 is 19.0 Å². The Bertz CT molecular complexity index is 972. The van der Waals surface area contributed by atoms with Crippen molar-refractivity contribution in [2.45, 2.75) is 18.9 Å². The predicted octanol–water partition coefficient (Wildman–Crippen LogP) is 3.35. The highest BCUT2D eigenvalue weighted by Gasteiger charge is 2.17. The number of rotatable bonds is 2. The molecule has 5 nitrogen and oxygen atoms in total. The van der Waals surface area contributed by atoms with Gasteiger partial charge in [-0.25, -0.2) is 9.18 Å². The minimum Gasteiger partial charge on any atom is -0.508 e. The van der Waals surface area contributed by atoms with E-state index in [1.54, 1.807) is 18.2 Å². The molecule has 1 fully saturated rings. The topological polar surface area (TPSA) is 68.9 Å². The van der Waals surface area contributed by atoms with Crippen molar-refractivity contribution in [3.05, 3.63) is 46.6 Å². The van der Waals surface area contributed by atoms with Crippen LogP contribution in [0.25, 0.3) is 21.7 Å². The summed E-state index contributed by atoms with van der Waals surface area (Å²) >= 11 is 0. The van der Waals surface area contributed by atoms with Crippen LogP contribution in [0.2, 0.25) is 0 Å². The van der Waals surface area contributed by atoms with Gasteiger partial charge in [0.2, 0.25) is 0 Å². The van der Waals surface area contributed by atoms with Gasteiger partial charge in [-0.1, -0.05) is 0 Å². The number of halogens is 1. The molecule has 1 saturated heterocycles. The summed E-state index contributed by atoms with van der Waals surface area (Å²) in [6, 6.07) is 7.15. The second kappa shape index (κ2) is 5.79. The number of phenols is 1. The molecule has 1 N–H and O–H groups in total. The standard InChI is InChI=1S/C18H15FO5/c19-15-7-10(20)8-16-17(15)13-2-1-12(9-14(13)18(21)24-16)23-11-3-5-22-6-4-11/h1-2,7-9,11,20H,3-6H2. The summed E-state index contributed by atoms with van der Waals surface area (Å²) in [5.74, 6) is -0.390. The maximum absolute atomic E-state index is 14.2. The number of benzene rings is 2. The molecule has 0 saturated carbocycles. The maximum atomic E-state index is 14.2. The van der Waals surface area contributed by atoms with Crippen LogP contribution in [0, 0.1) is 5.82 Å². The average Bonchev–Trinajstić information content (AvgIpc) is 2.55. The minimum absolute atomic E-state index is 0.0168. The Labute approximate surface area is 136 Å². The monoisotopic (exact) mass is 330 g/mol. The second-order valence-electron chi connectivity index (χ2n) is 5.83. The van der Waals surface area contributed by atoms with Crippen molar-refractivity contribution in [1.29, 1.82) is 0 Å². The zero-order chi connectivity index (χ0) is 16.7. The number of aromatic hydroxyl groups is 1. The van der Waals surface area contributed by atoms with E-state index in [2.05, 4.69) is 0 Å². The zero-order valence-corrected chi connectivity index (χ0v) is 12.8. The zero-order valence-electron chi connectivity index (χ0n) is 12.8. The van der Waals surface area contributed by atoms with Crippen molar-refractivity contribution >= 4 is 21.7 Å². The summed E-state index contributed by atoms with van der Waals surface area (Å²) in [5, 5.41) is 10.3. The molecule has 1 aromatic heterocycles. The van der Waals surface area contributed by atoms with Gasteiger partial charge in [-0.15, -0.1) is 0 Å². The predicted molar refractivity (Wildman–Crippen MR) is 86.1 cm³/mol. The lowest BCUT2D eigenvalue weighted by molar-refractivity contribution is 0.0256. The van der Waals surface area contributed by atoms with Crippen LogP contribution in [0.5, 0.6) is 11.5 Å². The molecular weight excluding hydrogens is 315 g/mol.